The van der Waals surface area contributed by atoms with Gasteiger partial charge >= 0.3 is 0 Å². The lowest BCUT2D eigenvalue weighted by Gasteiger charge is -2.28. The summed E-state index contributed by atoms with van der Waals surface area (Å²) in [5.41, 5.74) is 2.57. The zero-order valence-electron chi connectivity index (χ0n) is 15.5. The predicted octanol–water partition coefficient (Wildman–Crippen LogP) is 2.98. The quantitative estimate of drug-likeness (QED) is 0.826. The van der Waals surface area contributed by atoms with Crippen molar-refractivity contribution >= 4 is 5.91 Å². The van der Waals surface area contributed by atoms with Crippen LogP contribution < -0.4 is 0 Å². The molecule has 0 unspecified atom stereocenters. The number of halogens is 2. The van der Waals surface area contributed by atoms with Crippen molar-refractivity contribution in [1.29, 1.82) is 0 Å². The first-order chi connectivity index (χ1) is 13.1. The minimum atomic E-state index is -0.529. The summed E-state index contributed by atoms with van der Waals surface area (Å²) < 4.78 is 30.0. The highest BCUT2D eigenvalue weighted by molar-refractivity contribution is 5.94. The van der Waals surface area contributed by atoms with Gasteiger partial charge in [0.15, 0.2) is 5.69 Å². The number of carbonyl (C=O) groups excluding carboxylic acids is 1. The number of hydrogen-bond acceptors (Lipinski definition) is 3. The molecule has 1 aromatic heterocycles. The first-order valence-corrected chi connectivity index (χ1v) is 9.61. The molecule has 3 heterocycles. The molecule has 7 heteroatoms. The standard InChI is InChI=1S/C20H24F2N4O/c1-2-26-18-8-11-24(12-14-16(21)6-5-7-17(14)22)13-15(18)19(23-26)20(27)25-9-3-4-10-25/h5-7H,2-4,8-13H2,1H3. The molecule has 4 rings (SSSR count). The second kappa shape index (κ2) is 7.38. The topological polar surface area (TPSA) is 41.4 Å². The summed E-state index contributed by atoms with van der Waals surface area (Å²) in [5.74, 6) is -1.08. The highest BCUT2D eigenvalue weighted by atomic mass is 19.1. The Hall–Kier alpha value is -2.28. The molecule has 5 nitrogen and oxygen atoms in total. The van der Waals surface area contributed by atoms with Crippen molar-refractivity contribution in [1.82, 2.24) is 19.6 Å². The van der Waals surface area contributed by atoms with E-state index >= 15 is 0 Å². The molecule has 1 amide bonds. The largest absolute Gasteiger partial charge is 0.337 e. The van der Waals surface area contributed by atoms with Gasteiger partial charge in [-0.1, -0.05) is 6.07 Å². The Labute approximate surface area is 157 Å². The first kappa shape index (κ1) is 18.1. The lowest BCUT2D eigenvalue weighted by atomic mass is 10.0. The fraction of sp³-hybridized carbons (Fsp3) is 0.500. The van der Waals surface area contributed by atoms with Crippen LogP contribution in [0.15, 0.2) is 18.2 Å². The molecular weight excluding hydrogens is 350 g/mol. The van der Waals surface area contributed by atoms with Crippen LogP contribution in [0.3, 0.4) is 0 Å². The fourth-order valence-electron chi connectivity index (χ4n) is 4.09. The van der Waals surface area contributed by atoms with Crippen LogP contribution in [0.25, 0.3) is 0 Å². The molecule has 0 atom stereocenters. The summed E-state index contributed by atoms with van der Waals surface area (Å²) in [6.45, 7) is 5.62. The van der Waals surface area contributed by atoms with Crippen LogP contribution in [0, 0.1) is 11.6 Å². The number of aryl methyl sites for hydroxylation is 1. The van der Waals surface area contributed by atoms with Gasteiger partial charge in [-0.15, -0.1) is 0 Å². The lowest BCUT2D eigenvalue weighted by molar-refractivity contribution is 0.0783. The van der Waals surface area contributed by atoms with Crippen molar-refractivity contribution in [2.24, 2.45) is 0 Å². The van der Waals surface area contributed by atoms with Crippen LogP contribution >= 0.6 is 0 Å². The Balaban J connectivity index is 1.61. The van der Waals surface area contributed by atoms with E-state index in [1.165, 1.54) is 18.2 Å². The zero-order valence-corrected chi connectivity index (χ0v) is 15.5. The second-order valence-electron chi connectivity index (χ2n) is 7.25. The highest BCUT2D eigenvalue weighted by Crippen LogP contribution is 2.27. The first-order valence-electron chi connectivity index (χ1n) is 9.61. The van der Waals surface area contributed by atoms with E-state index in [1.807, 2.05) is 21.4 Å². The van der Waals surface area contributed by atoms with Crippen LogP contribution in [-0.4, -0.2) is 45.1 Å². The van der Waals surface area contributed by atoms with Crippen molar-refractivity contribution in [3.63, 3.8) is 0 Å². The van der Waals surface area contributed by atoms with Crippen molar-refractivity contribution < 1.29 is 13.6 Å². The molecule has 144 valence electrons. The van der Waals surface area contributed by atoms with Crippen molar-refractivity contribution in [3.05, 3.63) is 52.3 Å². The molecule has 0 N–H and O–H groups in total. The minimum absolute atomic E-state index is 0.0186. The summed E-state index contributed by atoms with van der Waals surface area (Å²) in [6.07, 6.45) is 2.78. The number of benzene rings is 1. The van der Waals surface area contributed by atoms with Crippen LogP contribution in [0.5, 0.6) is 0 Å². The Morgan fingerprint density at radius 3 is 2.52 bits per heavy atom. The number of fused-ring (bicyclic) bond motifs is 1. The normalized spacial score (nSPS) is 17.4. The van der Waals surface area contributed by atoms with Gasteiger partial charge in [0.2, 0.25) is 0 Å². The third-order valence-corrected chi connectivity index (χ3v) is 5.55. The summed E-state index contributed by atoms with van der Waals surface area (Å²) >= 11 is 0. The maximum Gasteiger partial charge on any atom is 0.274 e. The minimum Gasteiger partial charge on any atom is -0.337 e. The number of aromatic nitrogens is 2. The number of rotatable bonds is 4. The molecule has 1 saturated heterocycles. The highest BCUT2D eigenvalue weighted by Gasteiger charge is 2.31. The summed E-state index contributed by atoms with van der Waals surface area (Å²) in [4.78, 5) is 16.8. The van der Waals surface area contributed by atoms with Gasteiger partial charge in [-0.2, -0.15) is 5.10 Å². The van der Waals surface area contributed by atoms with Gasteiger partial charge in [0.1, 0.15) is 11.6 Å². The van der Waals surface area contributed by atoms with E-state index in [0.29, 0.717) is 25.3 Å². The Bertz CT molecular complexity index is 838. The lowest BCUT2D eigenvalue weighted by Crippen LogP contribution is -2.33. The third-order valence-electron chi connectivity index (χ3n) is 5.55. The van der Waals surface area contributed by atoms with Crippen LogP contribution in [0.2, 0.25) is 0 Å². The van der Waals surface area contributed by atoms with E-state index in [9.17, 15) is 13.6 Å². The van der Waals surface area contributed by atoms with E-state index in [1.54, 1.807) is 0 Å². The van der Waals surface area contributed by atoms with Gasteiger partial charge in [-0.25, -0.2) is 8.78 Å². The predicted molar refractivity (Wildman–Crippen MR) is 97.2 cm³/mol. The van der Waals surface area contributed by atoms with Gasteiger partial charge in [-0.3, -0.25) is 14.4 Å². The van der Waals surface area contributed by atoms with Crippen LogP contribution in [0.4, 0.5) is 8.78 Å². The molecule has 2 aliphatic heterocycles. The van der Waals surface area contributed by atoms with E-state index in [2.05, 4.69) is 5.10 Å². The molecule has 0 bridgehead atoms. The third kappa shape index (κ3) is 3.36. The summed E-state index contributed by atoms with van der Waals surface area (Å²) in [7, 11) is 0. The number of likely N-dealkylation sites (tertiary alicyclic amines) is 1. The molecule has 0 radical (unpaired) electrons. The van der Waals surface area contributed by atoms with E-state index in [0.717, 1.165) is 43.6 Å². The summed E-state index contributed by atoms with van der Waals surface area (Å²) in [5, 5.41) is 4.58. The molecule has 0 spiro atoms. The molecule has 2 aliphatic rings. The Kier molecular flexibility index (Phi) is 4.95. The number of carbonyl (C=O) groups is 1. The molecule has 1 fully saturated rings. The molecule has 1 aromatic carbocycles. The van der Waals surface area contributed by atoms with Crippen molar-refractivity contribution in [3.8, 4) is 0 Å². The second-order valence-corrected chi connectivity index (χ2v) is 7.25. The number of nitrogens with zero attached hydrogens (tertiary/aromatic N) is 4. The molecule has 27 heavy (non-hydrogen) atoms. The zero-order chi connectivity index (χ0) is 19.0. The fourth-order valence-corrected chi connectivity index (χ4v) is 4.09. The molecule has 2 aromatic rings. The van der Waals surface area contributed by atoms with Gasteiger partial charge in [0.05, 0.1) is 0 Å². The van der Waals surface area contributed by atoms with Gasteiger partial charge in [0.25, 0.3) is 5.91 Å². The maximum atomic E-state index is 14.0. The molecular formula is C20H24F2N4O. The smallest absolute Gasteiger partial charge is 0.274 e. The average molecular weight is 374 g/mol. The van der Waals surface area contributed by atoms with Gasteiger partial charge < -0.3 is 4.90 Å². The van der Waals surface area contributed by atoms with Gasteiger partial charge in [0, 0.05) is 62.5 Å². The average Bonchev–Trinajstić information content (AvgIpc) is 3.32. The van der Waals surface area contributed by atoms with E-state index < -0.39 is 11.6 Å². The molecule has 0 aliphatic carbocycles. The van der Waals surface area contributed by atoms with Crippen LogP contribution in [0.1, 0.15) is 47.1 Å². The van der Waals surface area contributed by atoms with Gasteiger partial charge in [-0.05, 0) is 31.9 Å². The monoisotopic (exact) mass is 374 g/mol. The summed E-state index contributed by atoms with van der Waals surface area (Å²) in [6, 6.07) is 3.94. The van der Waals surface area contributed by atoms with Crippen molar-refractivity contribution in [2.45, 2.75) is 45.8 Å². The van der Waals surface area contributed by atoms with Crippen LogP contribution in [-0.2, 0) is 26.1 Å². The molecule has 0 saturated carbocycles. The maximum absolute atomic E-state index is 14.0. The van der Waals surface area contributed by atoms with E-state index in [4.69, 9.17) is 0 Å². The Morgan fingerprint density at radius 2 is 1.85 bits per heavy atom. The number of hydrogen-bond donors (Lipinski definition) is 0. The number of amides is 1. The van der Waals surface area contributed by atoms with E-state index in [-0.39, 0.29) is 18.0 Å². The van der Waals surface area contributed by atoms with Crippen molar-refractivity contribution in [2.75, 3.05) is 19.6 Å². The Morgan fingerprint density at radius 1 is 1.15 bits per heavy atom. The SMILES string of the molecule is CCn1nc(C(=O)N2CCCC2)c2c1CCN(Cc1c(F)cccc1F)C2.